The predicted octanol–water partition coefficient (Wildman–Crippen LogP) is 0.752. The lowest BCUT2D eigenvalue weighted by atomic mass is 10.0. The smallest absolute Gasteiger partial charge is 0.324 e. The van der Waals surface area contributed by atoms with E-state index in [1.54, 1.807) is 0 Å². The fourth-order valence-electron chi connectivity index (χ4n) is 1.16. The molecule has 0 fully saturated rings. The summed E-state index contributed by atoms with van der Waals surface area (Å²) < 4.78 is 38.7. The van der Waals surface area contributed by atoms with Crippen molar-refractivity contribution < 1.29 is 22.7 Å². The molecule has 0 aliphatic rings. The number of rotatable bonds is 5. The van der Waals surface area contributed by atoms with Crippen LogP contribution in [0.1, 0.15) is 20.3 Å². The van der Waals surface area contributed by atoms with Crippen molar-refractivity contribution in [2.75, 3.05) is 0 Å². The van der Waals surface area contributed by atoms with Crippen molar-refractivity contribution >= 4 is 16.0 Å². The number of aromatic nitrogens is 1. The maximum absolute atomic E-state index is 12.9. The Morgan fingerprint density at radius 2 is 2.17 bits per heavy atom. The van der Waals surface area contributed by atoms with Crippen LogP contribution < -0.4 is 4.72 Å². The SMILES string of the molecule is CCC(C)(NS(=O)(=O)c1cncc(F)c1)C(=O)O. The Morgan fingerprint density at radius 3 is 2.61 bits per heavy atom. The number of hydrogen-bond acceptors (Lipinski definition) is 4. The topological polar surface area (TPSA) is 96.4 Å². The lowest BCUT2D eigenvalue weighted by Crippen LogP contribution is -2.51. The molecule has 2 N–H and O–H groups in total. The predicted molar refractivity (Wildman–Crippen MR) is 60.8 cm³/mol. The third kappa shape index (κ3) is 3.02. The molecule has 1 aromatic rings. The highest BCUT2D eigenvalue weighted by Gasteiger charge is 2.36. The van der Waals surface area contributed by atoms with Crippen LogP contribution in [0.2, 0.25) is 0 Å². The van der Waals surface area contributed by atoms with Gasteiger partial charge in [-0.2, -0.15) is 4.72 Å². The molecule has 0 aromatic carbocycles. The fourth-order valence-corrected chi connectivity index (χ4v) is 2.57. The first-order valence-electron chi connectivity index (χ1n) is 5.09. The van der Waals surface area contributed by atoms with Crippen molar-refractivity contribution in [2.45, 2.75) is 30.7 Å². The van der Waals surface area contributed by atoms with E-state index in [1.807, 2.05) is 4.72 Å². The van der Waals surface area contributed by atoms with Crippen LogP contribution in [0, 0.1) is 5.82 Å². The zero-order chi connectivity index (χ0) is 14.0. The van der Waals surface area contributed by atoms with E-state index in [4.69, 9.17) is 5.11 Å². The molecule has 0 aliphatic carbocycles. The van der Waals surface area contributed by atoms with Crippen LogP contribution >= 0.6 is 0 Å². The van der Waals surface area contributed by atoms with Gasteiger partial charge in [-0.3, -0.25) is 9.78 Å². The molecule has 0 aliphatic heterocycles. The number of hydrogen-bond donors (Lipinski definition) is 2. The van der Waals surface area contributed by atoms with Crippen molar-refractivity contribution in [3.05, 3.63) is 24.3 Å². The van der Waals surface area contributed by atoms with Crippen LogP contribution in [0.5, 0.6) is 0 Å². The van der Waals surface area contributed by atoms with Gasteiger partial charge in [0.05, 0.1) is 6.20 Å². The number of nitrogens with one attached hydrogen (secondary N) is 1. The van der Waals surface area contributed by atoms with Crippen LogP contribution in [0.3, 0.4) is 0 Å². The minimum Gasteiger partial charge on any atom is -0.480 e. The normalized spacial score (nSPS) is 15.1. The number of sulfonamides is 1. The van der Waals surface area contributed by atoms with Crippen LogP contribution in [-0.2, 0) is 14.8 Å². The summed E-state index contributed by atoms with van der Waals surface area (Å²) >= 11 is 0. The largest absolute Gasteiger partial charge is 0.480 e. The number of pyridine rings is 1. The summed E-state index contributed by atoms with van der Waals surface area (Å²) in [5.74, 6) is -2.12. The molecule has 0 radical (unpaired) electrons. The van der Waals surface area contributed by atoms with E-state index in [0.29, 0.717) is 0 Å². The minimum absolute atomic E-state index is 0.0459. The maximum Gasteiger partial charge on any atom is 0.324 e. The molecule has 8 heteroatoms. The first-order valence-corrected chi connectivity index (χ1v) is 6.57. The zero-order valence-electron chi connectivity index (χ0n) is 9.84. The highest BCUT2D eigenvalue weighted by atomic mass is 32.2. The highest BCUT2D eigenvalue weighted by molar-refractivity contribution is 7.89. The van der Waals surface area contributed by atoms with Gasteiger partial charge in [-0.05, 0) is 19.4 Å². The van der Waals surface area contributed by atoms with Gasteiger partial charge in [-0.25, -0.2) is 12.8 Å². The first-order chi connectivity index (χ1) is 8.21. The van der Waals surface area contributed by atoms with E-state index >= 15 is 0 Å². The van der Waals surface area contributed by atoms with E-state index in [-0.39, 0.29) is 6.42 Å². The number of carbonyl (C=O) groups is 1. The summed E-state index contributed by atoms with van der Waals surface area (Å²) in [4.78, 5) is 14.0. The van der Waals surface area contributed by atoms with Crippen molar-refractivity contribution in [1.82, 2.24) is 9.71 Å². The van der Waals surface area contributed by atoms with Gasteiger partial charge in [0.15, 0.2) is 0 Å². The number of halogens is 1. The van der Waals surface area contributed by atoms with Crippen molar-refractivity contribution in [2.24, 2.45) is 0 Å². The molecule has 1 unspecified atom stereocenters. The fraction of sp³-hybridized carbons (Fsp3) is 0.400. The Balaban J connectivity index is 3.13. The summed E-state index contributed by atoms with van der Waals surface area (Å²) in [6.07, 6.45) is 1.85. The van der Waals surface area contributed by atoms with Gasteiger partial charge >= 0.3 is 5.97 Å². The number of nitrogens with zero attached hydrogens (tertiary/aromatic N) is 1. The lowest BCUT2D eigenvalue weighted by molar-refractivity contribution is -0.143. The molecule has 1 aromatic heterocycles. The van der Waals surface area contributed by atoms with Crippen LogP contribution in [0.15, 0.2) is 23.4 Å². The minimum atomic E-state index is -4.13. The molecule has 0 saturated carbocycles. The first kappa shape index (κ1) is 14.5. The van der Waals surface area contributed by atoms with Crippen LogP contribution in [-0.4, -0.2) is 30.0 Å². The van der Waals surface area contributed by atoms with E-state index < -0.39 is 32.2 Å². The quantitative estimate of drug-likeness (QED) is 0.827. The second-order valence-electron chi connectivity index (χ2n) is 3.94. The van der Waals surface area contributed by atoms with Crippen molar-refractivity contribution in [3.63, 3.8) is 0 Å². The van der Waals surface area contributed by atoms with Crippen molar-refractivity contribution in [1.29, 1.82) is 0 Å². The van der Waals surface area contributed by atoms with E-state index in [0.717, 1.165) is 18.5 Å². The molecule has 6 nitrogen and oxygen atoms in total. The molecule has 0 saturated heterocycles. The molecule has 0 spiro atoms. The van der Waals surface area contributed by atoms with E-state index in [9.17, 15) is 17.6 Å². The lowest BCUT2D eigenvalue weighted by Gasteiger charge is -2.24. The van der Waals surface area contributed by atoms with Gasteiger partial charge in [-0.15, -0.1) is 0 Å². The van der Waals surface area contributed by atoms with Gasteiger partial charge in [-0.1, -0.05) is 6.92 Å². The highest BCUT2D eigenvalue weighted by Crippen LogP contribution is 2.16. The summed E-state index contributed by atoms with van der Waals surface area (Å²) in [6.45, 7) is 2.76. The number of aliphatic carboxylic acids is 1. The summed E-state index contributed by atoms with van der Waals surface area (Å²) in [7, 11) is -4.13. The van der Waals surface area contributed by atoms with Gasteiger partial charge in [0.25, 0.3) is 0 Å². The Labute approximate surface area is 104 Å². The van der Waals surface area contributed by atoms with Gasteiger partial charge < -0.3 is 5.11 Å². The van der Waals surface area contributed by atoms with Gasteiger partial charge in [0, 0.05) is 6.20 Å². The van der Waals surface area contributed by atoms with Crippen molar-refractivity contribution in [3.8, 4) is 0 Å². The molecule has 18 heavy (non-hydrogen) atoms. The number of carboxylic acid groups (broad SMARTS) is 1. The summed E-state index contributed by atoms with van der Waals surface area (Å²) in [5, 5.41) is 8.98. The van der Waals surface area contributed by atoms with Crippen LogP contribution in [0.4, 0.5) is 4.39 Å². The van der Waals surface area contributed by atoms with E-state index in [1.165, 1.54) is 13.8 Å². The number of carboxylic acids is 1. The molecular weight excluding hydrogens is 263 g/mol. The van der Waals surface area contributed by atoms with Gasteiger partial charge in [0.2, 0.25) is 10.0 Å². The third-order valence-corrected chi connectivity index (χ3v) is 4.09. The molecule has 0 bridgehead atoms. The monoisotopic (exact) mass is 276 g/mol. The second kappa shape index (κ2) is 4.99. The third-order valence-electron chi connectivity index (χ3n) is 2.53. The average molecular weight is 276 g/mol. The summed E-state index contributed by atoms with van der Waals surface area (Å²) in [5.41, 5.74) is -1.65. The van der Waals surface area contributed by atoms with Crippen LogP contribution in [0.25, 0.3) is 0 Å². The average Bonchev–Trinajstić information content (AvgIpc) is 2.28. The Hall–Kier alpha value is -1.54. The van der Waals surface area contributed by atoms with Gasteiger partial charge in [0.1, 0.15) is 16.3 Å². The molecule has 1 atom stereocenters. The molecule has 100 valence electrons. The summed E-state index contributed by atoms with van der Waals surface area (Å²) in [6, 6.07) is 0.771. The molecule has 1 rings (SSSR count). The molecular formula is C10H13FN2O4S. The maximum atomic E-state index is 12.9. The molecule has 0 amide bonds. The Bertz CT molecular complexity index is 561. The Kier molecular flexibility index (Phi) is 4.02. The van der Waals surface area contributed by atoms with E-state index in [2.05, 4.69) is 4.98 Å². The zero-order valence-corrected chi connectivity index (χ0v) is 10.7. The Morgan fingerprint density at radius 1 is 1.56 bits per heavy atom. The second-order valence-corrected chi connectivity index (χ2v) is 5.62. The molecule has 1 heterocycles. The standard InChI is InChI=1S/C10H13FN2O4S/c1-3-10(2,9(14)15)13-18(16,17)8-4-7(11)5-12-6-8/h4-6,13H,3H2,1-2H3,(H,14,15).